The molecule has 1 nitrogen and oxygen atoms in total. The summed E-state index contributed by atoms with van der Waals surface area (Å²) in [5.74, 6) is 0.895. The normalized spacial score (nSPS) is 10.9. The highest BCUT2D eigenvalue weighted by Crippen LogP contribution is 2.14. The van der Waals surface area contributed by atoms with Crippen molar-refractivity contribution in [1.82, 2.24) is 0 Å². The summed E-state index contributed by atoms with van der Waals surface area (Å²) in [5.41, 5.74) is 2.36. The molecular weight excluding hydrogens is 172 g/mol. The first-order valence-electron chi connectivity index (χ1n) is 4.68. The van der Waals surface area contributed by atoms with Gasteiger partial charge in [0.25, 0.3) is 0 Å². The van der Waals surface area contributed by atoms with E-state index in [0.29, 0.717) is 0 Å². The van der Waals surface area contributed by atoms with Gasteiger partial charge in [-0.1, -0.05) is 42.0 Å². The maximum atomic E-state index is 5.30. The summed E-state index contributed by atoms with van der Waals surface area (Å²) in [6.45, 7) is 4.13. The first-order valence-corrected chi connectivity index (χ1v) is 4.68. The van der Waals surface area contributed by atoms with E-state index in [2.05, 4.69) is 13.8 Å². The summed E-state index contributed by atoms with van der Waals surface area (Å²) < 4.78 is 5.30. The Balaban J connectivity index is 2.93. The first-order chi connectivity index (χ1) is 6.74. The molecule has 0 atom stereocenters. The predicted molar refractivity (Wildman–Crippen MR) is 60.9 cm³/mol. The molecule has 14 heavy (non-hydrogen) atoms. The number of rotatable bonds is 3. The van der Waals surface area contributed by atoms with Gasteiger partial charge in [0.15, 0.2) is 0 Å². The highest BCUT2D eigenvalue weighted by molar-refractivity contribution is 5.61. The molecular formula is C13H16O. The monoisotopic (exact) mass is 188 g/mol. The van der Waals surface area contributed by atoms with E-state index >= 15 is 0 Å². The van der Waals surface area contributed by atoms with Crippen molar-refractivity contribution in [3.8, 4) is 0 Å². The van der Waals surface area contributed by atoms with E-state index in [1.807, 2.05) is 42.5 Å². The Labute approximate surface area is 85.7 Å². The lowest BCUT2D eigenvalue weighted by Gasteiger charge is -2.04. The van der Waals surface area contributed by atoms with E-state index in [4.69, 9.17) is 4.74 Å². The lowest BCUT2D eigenvalue weighted by atomic mass is 10.1. The third-order valence-electron chi connectivity index (χ3n) is 1.85. The van der Waals surface area contributed by atoms with Crippen molar-refractivity contribution < 1.29 is 4.74 Å². The van der Waals surface area contributed by atoms with Crippen molar-refractivity contribution in [3.05, 3.63) is 53.6 Å². The van der Waals surface area contributed by atoms with Crippen molar-refractivity contribution in [1.29, 1.82) is 0 Å². The van der Waals surface area contributed by atoms with E-state index in [0.717, 1.165) is 11.3 Å². The van der Waals surface area contributed by atoms with Crippen LogP contribution in [0.25, 0.3) is 5.76 Å². The van der Waals surface area contributed by atoms with Crippen molar-refractivity contribution in [2.24, 2.45) is 0 Å². The van der Waals surface area contributed by atoms with Gasteiger partial charge in [-0.25, -0.2) is 0 Å². The van der Waals surface area contributed by atoms with E-state index in [-0.39, 0.29) is 0 Å². The molecule has 1 aromatic rings. The van der Waals surface area contributed by atoms with Crippen LogP contribution in [0.2, 0.25) is 0 Å². The Bertz CT molecular complexity index is 330. The summed E-state index contributed by atoms with van der Waals surface area (Å²) in [5, 5.41) is 0. The molecule has 0 unspecified atom stereocenters. The second kappa shape index (κ2) is 5.28. The molecule has 0 aliphatic heterocycles. The van der Waals surface area contributed by atoms with E-state index in [1.165, 1.54) is 5.57 Å². The van der Waals surface area contributed by atoms with E-state index in [9.17, 15) is 0 Å². The zero-order chi connectivity index (χ0) is 10.4. The minimum Gasteiger partial charge on any atom is -0.496 e. The van der Waals surface area contributed by atoms with Crippen LogP contribution in [0.3, 0.4) is 0 Å². The molecule has 1 aromatic carbocycles. The molecule has 0 aliphatic rings. The topological polar surface area (TPSA) is 9.23 Å². The van der Waals surface area contributed by atoms with Crippen LogP contribution >= 0.6 is 0 Å². The highest BCUT2D eigenvalue weighted by Gasteiger charge is 1.97. The summed E-state index contributed by atoms with van der Waals surface area (Å²) in [6, 6.07) is 10.1. The quantitative estimate of drug-likeness (QED) is 0.519. The standard InChI is InChI=1S/C13H16O/c1-11(2)9-10-13(14-3)12-7-5-4-6-8-12/h4-10H,1-3H3/b13-10-. The van der Waals surface area contributed by atoms with Crippen molar-refractivity contribution in [2.45, 2.75) is 13.8 Å². The smallest absolute Gasteiger partial charge is 0.126 e. The maximum Gasteiger partial charge on any atom is 0.126 e. The van der Waals surface area contributed by atoms with Crippen LogP contribution in [0.4, 0.5) is 0 Å². The Morgan fingerprint density at radius 3 is 2.21 bits per heavy atom. The maximum absolute atomic E-state index is 5.30. The average molecular weight is 188 g/mol. The molecule has 0 fully saturated rings. The average Bonchev–Trinajstić information content (AvgIpc) is 2.20. The van der Waals surface area contributed by atoms with Crippen LogP contribution in [0.5, 0.6) is 0 Å². The van der Waals surface area contributed by atoms with Gasteiger partial charge in [-0.05, 0) is 19.9 Å². The second-order valence-corrected chi connectivity index (χ2v) is 3.35. The van der Waals surface area contributed by atoms with Crippen molar-refractivity contribution in [3.63, 3.8) is 0 Å². The minimum atomic E-state index is 0.895. The third-order valence-corrected chi connectivity index (χ3v) is 1.85. The molecule has 0 saturated carbocycles. The van der Waals surface area contributed by atoms with Gasteiger partial charge in [-0.3, -0.25) is 0 Å². The summed E-state index contributed by atoms with van der Waals surface area (Å²) >= 11 is 0. The lowest BCUT2D eigenvalue weighted by Crippen LogP contribution is -1.85. The summed E-state index contributed by atoms with van der Waals surface area (Å²) in [6.07, 6.45) is 4.04. The Kier molecular flexibility index (Phi) is 3.99. The van der Waals surface area contributed by atoms with Gasteiger partial charge < -0.3 is 4.74 Å². The number of hydrogen-bond acceptors (Lipinski definition) is 1. The zero-order valence-corrected chi connectivity index (χ0v) is 8.95. The fourth-order valence-electron chi connectivity index (χ4n) is 1.13. The molecule has 0 spiro atoms. The summed E-state index contributed by atoms with van der Waals surface area (Å²) in [7, 11) is 1.69. The van der Waals surface area contributed by atoms with Gasteiger partial charge >= 0.3 is 0 Å². The minimum absolute atomic E-state index is 0.895. The molecule has 0 aromatic heterocycles. The molecule has 0 aliphatic carbocycles. The Hall–Kier alpha value is -1.50. The van der Waals surface area contributed by atoms with Crippen molar-refractivity contribution in [2.75, 3.05) is 7.11 Å². The van der Waals surface area contributed by atoms with Crippen LogP contribution in [-0.2, 0) is 4.74 Å². The highest BCUT2D eigenvalue weighted by atomic mass is 16.5. The molecule has 0 radical (unpaired) electrons. The molecule has 0 heterocycles. The van der Waals surface area contributed by atoms with Crippen LogP contribution in [0.15, 0.2) is 48.1 Å². The Morgan fingerprint density at radius 2 is 1.71 bits per heavy atom. The largest absolute Gasteiger partial charge is 0.496 e. The SMILES string of the molecule is CO/C(=C\C=C(C)C)c1ccccc1. The van der Waals surface area contributed by atoms with Gasteiger partial charge in [-0.2, -0.15) is 0 Å². The lowest BCUT2D eigenvalue weighted by molar-refractivity contribution is 0.370. The first kappa shape index (κ1) is 10.6. The molecule has 0 saturated heterocycles. The van der Waals surface area contributed by atoms with Crippen LogP contribution in [-0.4, -0.2) is 7.11 Å². The number of hydrogen-bond donors (Lipinski definition) is 0. The van der Waals surface area contributed by atoms with Gasteiger partial charge in [0.05, 0.1) is 7.11 Å². The number of methoxy groups -OCH3 is 1. The van der Waals surface area contributed by atoms with Gasteiger partial charge in [0, 0.05) is 5.56 Å². The predicted octanol–water partition coefficient (Wildman–Crippen LogP) is 3.64. The number of ether oxygens (including phenoxy) is 1. The molecule has 1 rings (SSSR count). The van der Waals surface area contributed by atoms with Crippen LogP contribution in [0.1, 0.15) is 19.4 Å². The van der Waals surface area contributed by atoms with Gasteiger partial charge in [-0.15, -0.1) is 0 Å². The fourth-order valence-corrected chi connectivity index (χ4v) is 1.13. The van der Waals surface area contributed by atoms with E-state index in [1.54, 1.807) is 7.11 Å². The zero-order valence-electron chi connectivity index (χ0n) is 8.95. The van der Waals surface area contributed by atoms with Crippen LogP contribution < -0.4 is 0 Å². The molecule has 1 heteroatoms. The van der Waals surface area contributed by atoms with Crippen LogP contribution in [0, 0.1) is 0 Å². The second-order valence-electron chi connectivity index (χ2n) is 3.35. The molecule has 0 amide bonds. The third kappa shape index (κ3) is 3.09. The fraction of sp³-hybridized carbons (Fsp3) is 0.231. The Morgan fingerprint density at radius 1 is 1.07 bits per heavy atom. The molecule has 0 N–H and O–H groups in total. The van der Waals surface area contributed by atoms with Gasteiger partial charge in [0.2, 0.25) is 0 Å². The molecule has 0 bridgehead atoms. The number of benzene rings is 1. The van der Waals surface area contributed by atoms with Crippen molar-refractivity contribution >= 4 is 5.76 Å². The molecule has 74 valence electrons. The van der Waals surface area contributed by atoms with E-state index < -0.39 is 0 Å². The summed E-state index contributed by atoms with van der Waals surface area (Å²) in [4.78, 5) is 0. The van der Waals surface area contributed by atoms with Gasteiger partial charge in [0.1, 0.15) is 5.76 Å². The number of allylic oxidation sites excluding steroid dienone is 3.